The summed E-state index contributed by atoms with van der Waals surface area (Å²) in [5, 5.41) is 12.5. The molecule has 0 atom stereocenters. The fourth-order valence-electron chi connectivity index (χ4n) is 2.69. The summed E-state index contributed by atoms with van der Waals surface area (Å²) in [6.45, 7) is 6.13. The van der Waals surface area contributed by atoms with Gasteiger partial charge in [-0.3, -0.25) is 14.2 Å². The van der Waals surface area contributed by atoms with E-state index in [4.69, 9.17) is 16.3 Å². The molecule has 0 saturated heterocycles. The molecule has 33 heavy (non-hydrogen) atoms. The monoisotopic (exact) mass is 506 g/mol. The predicted octanol–water partition coefficient (Wildman–Crippen LogP) is 3.89. The zero-order chi connectivity index (χ0) is 24.0. The molecule has 9 nitrogen and oxygen atoms in total. The highest BCUT2D eigenvalue weighted by Gasteiger charge is 2.19. The van der Waals surface area contributed by atoms with Gasteiger partial charge in [-0.15, -0.1) is 16.8 Å². The third kappa shape index (κ3) is 6.34. The van der Waals surface area contributed by atoms with Crippen molar-refractivity contribution >= 4 is 51.6 Å². The van der Waals surface area contributed by atoms with E-state index in [1.165, 1.54) is 16.7 Å². The molecule has 0 bridgehead atoms. The SMILES string of the molecule is C=CCn1c(COc2ccccc2Cl)nnc1SCC(=O)Nc1nc(C)c(C(=O)N(C)C)s1. The molecular formula is C21H23ClN6O3S2. The number of anilines is 1. The number of thiazole rings is 1. The number of aryl methyl sites for hydroxylation is 1. The van der Waals surface area contributed by atoms with Crippen LogP contribution >= 0.6 is 34.7 Å². The van der Waals surface area contributed by atoms with Crippen LogP contribution in [0.25, 0.3) is 0 Å². The van der Waals surface area contributed by atoms with Gasteiger partial charge >= 0.3 is 0 Å². The van der Waals surface area contributed by atoms with Crippen LogP contribution in [0.2, 0.25) is 5.02 Å². The first kappa shape index (κ1) is 24.7. The molecule has 0 unspecified atom stereocenters. The van der Waals surface area contributed by atoms with E-state index in [0.717, 1.165) is 11.3 Å². The van der Waals surface area contributed by atoms with Crippen LogP contribution in [-0.2, 0) is 17.9 Å². The van der Waals surface area contributed by atoms with E-state index < -0.39 is 0 Å². The number of nitrogens with zero attached hydrogens (tertiary/aromatic N) is 5. The summed E-state index contributed by atoms with van der Waals surface area (Å²) in [6.07, 6.45) is 1.72. The van der Waals surface area contributed by atoms with Gasteiger partial charge in [0.05, 0.1) is 16.5 Å². The molecule has 2 heterocycles. The van der Waals surface area contributed by atoms with Crippen LogP contribution in [0.3, 0.4) is 0 Å². The van der Waals surface area contributed by atoms with Crippen molar-refractivity contribution in [2.24, 2.45) is 0 Å². The molecule has 0 aliphatic heterocycles. The number of thioether (sulfide) groups is 1. The number of halogens is 1. The Morgan fingerprint density at radius 3 is 2.79 bits per heavy atom. The van der Waals surface area contributed by atoms with Gasteiger partial charge in [0, 0.05) is 20.6 Å². The Labute approximate surface area is 204 Å². The normalized spacial score (nSPS) is 10.7. The van der Waals surface area contributed by atoms with Crippen molar-refractivity contribution in [3.05, 3.63) is 58.3 Å². The molecular weight excluding hydrogens is 484 g/mol. The van der Waals surface area contributed by atoms with Crippen molar-refractivity contribution in [2.45, 2.75) is 25.2 Å². The van der Waals surface area contributed by atoms with Crippen molar-refractivity contribution in [3.63, 3.8) is 0 Å². The van der Waals surface area contributed by atoms with Gasteiger partial charge in [-0.2, -0.15) is 0 Å². The number of amides is 2. The minimum Gasteiger partial charge on any atom is -0.484 e. The molecule has 174 valence electrons. The molecule has 1 N–H and O–H groups in total. The summed E-state index contributed by atoms with van der Waals surface area (Å²) in [7, 11) is 3.34. The van der Waals surface area contributed by atoms with Crippen LogP contribution in [-0.4, -0.2) is 56.3 Å². The zero-order valence-electron chi connectivity index (χ0n) is 18.4. The largest absolute Gasteiger partial charge is 0.484 e. The first-order valence-corrected chi connectivity index (χ1v) is 12.0. The van der Waals surface area contributed by atoms with Gasteiger partial charge in [0.15, 0.2) is 16.1 Å². The van der Waals surface area contributed by atoms with Crippen LogP contribution in [0.1, 0.15) is 21.2 Å². The summed E-state index contributed by atoms with van der Waals surface area (Å²) in [5.74, 6) is 0.811. The lowest BCUT2D eigenvalue weighted by molar-refractivity contribution is -0.113. The lowest BCUT2D eigenvalue weighted by atomic mass is 10.3. The maximum absolute atomic E-state index is 12.5. The number of carbonyl (C=O) groups excluding carboxylic acids is 2. The topological polar surface area (TPSA) is 102 Å². The molecule has 2 aromatic heterocycles. The number of hydrogen-bond acceptors (Lipinski definition) is 8. The molecule has 0 radical (unpaired) electrons. The predicted molar refractivity (Wildman–Crippen MR) is 130 cm³/mol. The van der Waals surface area contributed by atoms with Crippen molar-refractivity contribution in [3.8, 4) is 5.75 Å². The van der Waals surface area contributed by atoms with E-state index in [2.05, 4.69) is 27.1 Å². The van der Waals surface area contributed by atoms with E-state index in [0.29, 0.717) is 44.0 Å². The number of rotatable bonds is 10. The van der Waals surface area contributed by atoms with Crippen LogP contribution < -0.4 is 10.1 Å². The standard InChI is InChI=1S/C21H23ClN6O3S2/c1-5-10-28-16(11-31-15-9-7-6-8-14(15)22)25-26-21(28)32-12-17(29)24-20-23-13(2)18(33-20)19(30)27(3)4/h5-9H,1,10-12H2,2-4H3,(H,23,24,29). The average Bonchev–Trinajstić information content (AvgIpc) is 3.34. The lowest BCUT2D eigenvalue weighted by Gasteiger charge is -2.10. The van der Waals surface area contributed by atoms with Gasteiger partial charge < -0.3 is 15.0 Å². The van der Waals surface area contributed by atoms with Crippen molar-refractivity contribution in [1.82, 2.24) is 24.6 Å². The average molecular weight is 507 g/mol. The molecule has 0 fully saturated rings. The molecule has 12 heteroatoms. The fraction of sp³-hybridized carbons (Fsp3) is 0.286. The Morgan fingerprint density at radius 2 is 2.09 bits per heavy atom. The van der Waals surface area contributed by atoms with Crippen molar-refractivity contribution in [2.75, 3.05) is 25.2 Å². The third-order valence-electron chi connectivity index (χ3n) is 4.27. The van der Waals surface area contributed by atoms with Gasteiger partial charge in [0.2, 0.25) is 5.91 Å². The summed E-state index contributed by atoms with van der Waals surface area (Å²) in [6, 6.07) is 7.17. The minimum atomic E-state index is -0.264. The van der Waals surface area contributed by atoms with Crippen LogP contribution in [0.15, 0.2) is 42.1 Å². The maximum atomic E-state index is 12.5. The second-order valence-corrected chi connectivity index (χ2v) is 9.34. The number of nitrogens with one attached hydrogen (secondary N) is 1. The number of ether oxygens (including phenoxy) is 1. The number of aromatic nitrogens is 4. The van der Waals surface area contributed by atoms with Crippen LogP contribution in [0.4, 0.5) is 5.13 Å². The zero-order valence-corrected chi connectivity index (χ0v) is 20.8. The molecule has 1 aromatic carbocycles. The second kappa shape index (κ2) is 11.3. The molecule has 0 saturated carbocycles. The number of allylic oxidation sites excluding steroid dienone is 1. The Hall–Kier alpha value is -2.89. The first-order valence-electron chi connectivity index (χ1n) is 9.82. The Bertz CT molecular complexity index is 1160. The molecule has 3 rings (SSSR count). The molecule has 2 amide bonds. The van der Waals surface area contributed by atoms with Gasteiger partial charge in [-0.1, -0.05) is 52.9 Å². The summed E-state index contributed by atoms with van der Waals surface area (Å²) in [4.78, 5) is 30.9. The maximum Gasteiger partial charge on any atom is 0.265 e. The number of para-hydroxylation sites is 1. The quantitative estimate of drug-likeness (QED) is 0.328. The summed E-state index contributed by atoms with van der Waals surface area (Å²) >= 11 is 8.52. The fourth-order valence-corrected chi connectivity index (χ4v) is 4.65. The smallest absolute Gasteiger partial charge is 0.265 e. The van der Waals surface area contributed by atoms with Crippen molar-refractivity contribution < 1.29 is 14.3 Å². The minimum absolute atomic E-state index is 0.0935. The van der Waals surface area contributed by atoms with Crippen molar-refractivity contribution in [1.29, 1.82) is 0 Å². The van der Waals surface area contributed by atoms with Gasteiger partial charge in [-0.25, -0.2) is 4.98 Å². The van der Waals surface area contributed by atoms with Crippen LogP contribution in [0, 0.1) is 6.92 Å². The first-order chi connectivity index (χ1) is 15.8. The van der Waals surface area contributed by atoms with Gasteiger partial charge in [0.25, 0.3) is 5.91 Å². The highest BCUT2D eigenvalue weighted by atomic mass is 35.5. The van der Waals surface area contributed by atoms with Gasteiger partial charge in [0.1, 0.15) is 17.2 Å². The molecule has 3 aromatic rings. The van der Waals surface area contributed by atoms with E-state index >= 15 is 0 Å². The van der Waals surface area contributed by atoms with Crippen LogP contribution in [0.5, 0.6) is 5.75 Å². The highest BCUT2D eigenvalue weighted by Crippen LogP contribution is 2.26. The summed E-state index contributed by atoms with van der Waals surface area (Å²) < 4.78 is 7.58. The Morgan fingerprint density at radius 1 is 1.33 bits per heavy atom. The number of carbonyl (C=O) groups is 2. The number of hydrogen-bond donors (Lipinski definition) is 1. The third-order valence-corrected chi connectivity index (χ3v) is 6.61. The molecule has 0 aliphatic rings. The Kier molecular flexibility index (Phi) is 8.48. The van der Waals surface area contributed by atoms with E-state index in [9.17, 15) is 9.59 Å². The highest BCUT2D eigenvalue weighted by molar-refractivity contribution is 7.99. The van der Waals surface area contributed by atoms with E-state index in [1.807, 2.05) is 16.7 Å². The van der Waals surface area contributed by atoms with E-state index in [1.54, 1.807) is 39.2 Å². The summed E-state index contributed by atoms with van der Waals surface area (Å²) in [5.41, 5.74) is 0.579. The lowest BCUT2D eigenvalue weighted by Crippen LogP contribution is -2.21. The molecule has 0 aliphatic carbocycles. The number of benzene rings is 1. The Balaban J connectivity index is 1.62. The molecule has 0 spiro atoms. The van der Waals surface area contributed by atoms with Gasteiger partial charge in [-0.05, 0) is 19.1 Å². The second-order valence-electron chi connectivity index (χ2n) is 6.99. The van der Waals surface area contributed by atoms with E-state index in [-0.39, 0.29) is 24.2 Å².